The fraction of sp³-hybridized carbons (Fsp3) is 0.400. The Morgan fingerprint density at radius 3 is 2.67 bits per heavy atom. The molecule has 1 atom stereocenters. The van der Waals surface area contributed by atoms with Gasteiger partial charge in [-0.3, -0.25) is 0 Å². The fourth-order valence-electron chi connectivity index (χ4n) is 1.51. The fourth-order valence-corrected chi connectivity index (χ4v) is 2.15. The summed E-state index contributed by atoms with van der Waals surface area (Å²) in [6.45, 7) is 2.50. The predicted molar refractivity (Wildman–Crippen MR) is 70.7 cm³/mol. The first kappa shape index (κ1) is 13.5. The molecule has 1 saturated heterocycles. The van der Waals surface area contributed by atoms with E-state index >= 15 is 0 Å². The van der Waals surface area contributed by atoms with E-state index in [-0.39, 0.29) is 12.4 Å². The summed E-state index contributed by atoms with van der Waals surface area (Å²) in [7, 11) is 0. The van der Waals surface area contributed by atoms with Crippen LogP contribution in [0.2, 0.25) is 0 Å². The molecule has 1 aromatic rings. The van der Waals surface area contributed by atoms with Crippen molar-refractivity contribution in [1.29, 1.82) is 0 Å². The van der Waals surface area contributed by atoms with Crippen molar-refractivity contribution < 1.29 is 4.74 Å². The van der Waals surface area contributed by atoms with Gasteiger partial charge in [-0.15, -0.1) is 12.4 Å². The van der Waals surface area contributed by atoms with Crippen molar-refractivity contribution in [2.24, 2.45) is 0 Å². The van der Waals surface area contributed by atoms with Crippen LogP contribution in [0, 0.1) is 0 Å². The summed E-state index contributed by atoms with van der Waals surface area (Å²) in [6.07, 6.45) is 0. The summed E-state index contributed by atoms with van der Waals surface area (Å²) in [5.41, 5.74) is 1.26. The molecule has 1 aliphatic rings. The van der Waals surface area contributed by atoms with Gasteiger partial charge in [-0.2, -0.15) is 0 Å². The molecule has 5 heteroatoms. The van der Waals surface area contributed by atoms with Crippen molar-refractivity contribution in [2.75, 3.05) is 19.8 Å². The van der Waals surface area contributed by atoms with E-state index in [4.69, 9.17) is 4.74 Å². The largest absolute Gasteiger partial charge is 0.378 e. The van der Waals surface area contributed by atoms with E-state index in [1.807, 2.05) is 0 Å². The summed E-state index contributed by atoms with van der Waals surface area (Å²) in [5, 5.41) is 3.42. The second kappa shape index (κ2) is 6.21. The monoisotopic (exact) mass is 355 g/mol. The Morgan fingerprint density at radius 2 is 2.07 bits per heavy atom. The van der Waals surface area contributed by atoms with E-state index in [0.717, 1.165) is 28.7 Å². The Morgan fingerprint density at radius 1 is 1.27 bits per heavy atom. The molecular weight excluding hydrogens is 345 g/mol. The lowest BCUT2D eigenvalue weighted by molar-refractivity contribution is 0.0768. The lowest BCUT2D eigenvalue weighted by atomic mass is 10.1. The molecule has 0 spiro atoms. The molecule has 1 aliphatic heterocycles. The van der Waals surface area contributed by atoms with Gasteiger partial charge in [0.2, 0.25) is 0 Å². The Bertz CT molecular complexity index is 329. The summed E-state index contributed by atoms with van der Waals surface area (Å²) in [6, 6.07) is 6.61. The van der Waals surface area contributed by atoms with Gasteiger partial charge in [-0.25, -0.2) is 0 Å². The number of rotatable bonds is 1. The van der Waals surface area contributed by atoms with E-state index in [1.54, 1.807) is 0 Å². The number of benzene rings is 1. The Kier molecular flexibility index (Phi) is 5.57. The average molecular weight is 357 g/mol. The molecule has 0 aromatic heterocycles. The van der Waals surface area contributed by atoms with Crippen LogP contribution in [0.5, 0.6) is 0 Å². The Balaban J connectivity index is 0.00000112. The molecule has 1 heterocycles. The van der Waals surface area contributed by atoms with Crippen molar-refractivity contribution in [3.63, 3.8) is 0 Å². The maximum Gasteiger partial charge on any atom is 0.0662 e. The van der Waals surface area contributed by atoms with Crippen molar-refractivity contribution in [3.05, 3.63) is 32.7 Å². The summed E-state index contributed by atoms with van der Waals surface area (Å²) >= 11 is 6.95. The minimum Gasteiger partial charge on any atom is -0.378 e. The Hall–Kier alpha value is 0.390. The van der Waals surface area contributed by atoms with Crippen LogP contribution in [-0.2, 0) is 4.74 Å². The smallest absolute Gasteiger partial charge is 0.0662 e. The van der Waals surface area contributed by atoms with E-state index in [1.165, 1.54) is 5.56 Å². The highest BCUT2D eigenvalue weighted by atomic mass is 79.9. The van der Waals surface area contributed by atoms with Gasteiger partial charge in [0.05, 0.1) is 19.3 Å². The maximum absolute atomic E-state index is 5.42. The highest BCUT2D eigenvalue weighted by Crippen LogP contribution is 2.27. The van der Waals surface area contributed by atoms with Crippen LogP contribution in [0.15, 0.2) is 27.1 Å². The SMILES string of the molecule is Brc1ccc([C@@H]2COCCN2)cc1Br.Cl. The van der Waals surface area contributed by atoms with E-state index in [9.17, 15) is 0 Å². The molecule has 1 fully saturated rings. The van der Waals surface area contributed by atoms with Gasteiger partial charge in [-0.1, -0.05) is 6.07 Å². The first-order valence-electron chi connectivity index (χ1n) is 4.53. The van der Waals surface area contributed by atoms with Crippen LogP contribution < -0.4 is 5.32 Å². The number of nitrogens with one attached hydrogen (secondary N) is 1. The maximum atomic E-state index is 5.42. The molecule has 0 aliphatic carbocycles. The van der Waals surface area contributed by atoms with E-state index in [0.29, 0.717) is 6.04 Å². The molecule has 0 radical (unpaired) electrons. The molecule has 2 nitrogen and oxygen atoms in total. The van der Waals surface area contributed by atoms with E-state index in [2.05, 4.69) is 55.4 Å². The first-order valence-corrected chi connectivity index (χ1v) is 6.12. The number of halogens is 3. The minimum absolute atomic E-state index is 0. The number of hydrogen-bond acceptors (Lipinski definition) is 2. The van der Waals surface area contributed by atoms with Gasteiger partial charge in [0, 0.05) is 15.5 Å². The normalized spacial score (nSPS) is 20.8. The molecule has 1 aromatic carbocycles. The van der Waals surface area contributed by atoms with Crippen LogP contribution in [-0.4, -0.2) is 19.8 Å². The van der Waals surface area contributed by atoms with Crippen LogP contribution >= 0.6 is 44.3 Å². The quantitative estimate of drug-likeness (QED) is 0.833. The third-order valence-electron chi connectivity index (χ3n) is 2.27. The van der Waals surface area contributed by atoms with Gasteiger partial charge in [0.25, 0.3) is 0 Å². The first-order chi connectivity index (χ1) is 6.77. The standard InChI is InChI=1S/C10H11Br2NO.ClH/c11-8-2-1-7(5-9(8)12)10-6-14-4-3-13-10;/h1-2,5,10,13H,3-4,6H2;1H/t10-;/m0./s1. The van der Waals surface area contributed by atoms with Crippen LogP contribution in [0.1, 0.15) is 11.6 Å². The molecule has 0 bridgehead atoms. The highest BCUT2D eigenvalue weighted by Gasteiger charge is 2.15. The van der Waals surface area contributed by atoms with Crippen molar-refractivity contribution in [3.8, 4) is 0 Å². The van der Waals surface area contributed by atoms with Gasteiger partial charge < -0.3 is 10.1 Å². The van der Waals surface area contributed by atoms with Crippen molar-refractivity contribution in [1.82, 2.24) is 5.32 Å². The zero-order valence-corrected chi connectivity index (χ0v) is 12.0. The Labute approximate surface area is 112 Å². The van der Waals surface area contributed by atoms with Crippen LogP contribution in [0.25, 0.3) is 0 Å². The molecule has 15 heavy (non-hydrogen) atoms. The van der Waals surface area contributed by atoms with Gasteiger partial charge in [0.15, 0.2) is 0 Å². The van der Waals surface area contributed by atoms with Crippen molar-refractivity contribution in [2.45, 2.75) is 6.04 Å². The lowest BCUT2D eigenvalue weighted by Crippen LogP contribution is -2.34. The number of hydrogen-bond donors (Lipinski definition) is 1. The van der Waals surface area contributed by atoms with E-state index < -0.39 is 0 Å². The number of morpholine rings is 1. The van der Waals surface area contributed by atoms with Gasteiger partial charge >= 0.3 is 0 Å². The van der Waals surface area contributed by atoms with Gasteiger partial charge in [-0.05, 0) is 49.6 Å². The summed E-state index contributed by atoms with van der Waals surface area (Å²) in [4.78, 5) is 0. The molecule has 0 unspecified atom stereocenters. The third kappa shape index (κ3) is 3.43. The summed E-state index contributed by atoms with van der Waals surface area (Å²) < 4.78 is 7.58. The molecule has 2 rings (SSSR count). The average Bonchev–Trinajstić information content (AvgIpc) is 2.23. The second-order valence-corrected chi connectivity index (χ2v) is 4.96. The molecule has 0 saturated carbocycles. The van der Waals surface area contributed by atoms with Crippen LogP contribution in [0.3, 0.4) is 0 Å². The zero-order chi connectivity index (χ0) is 9.97. The van der Waals surface area contributed by atoms with Crippen molar-refractivity contribution >= 4 is 44.3 Å². The minimum atomic E-state index is 0. The number of ether oxygens (including phenoxy) is 1. The van der Waals surface area contributed by atoms with Gasteiger partial charge in [0.1, 0.15) is 0 Å². The topological polar surface area (TPSA) is 21.3 Å². The zero-order valence-electron chi connectivity index (χ0n) is 8.00. The molecular formula is C10H12Br2ClNO. The van der Waals surface area contributed by atoms with Crippen LogP contribution in [0.4, 0.5) is 0 Å². The predicted octanol–water partition coefficient (Wildman–Crippen LogP) is 3.29. The highest BCUT2D eigenvalue weighted by molar-refractivity contribution is 9.13. The molecule has 1 N–H and O–H groups in total. The lowest BCUT2D eigenvalue weighted by Gasteiger charge is -2.24. The third-order valence-corrected chi connectivity index (χ3v) is 4.15. The second-order valence-electron chi connectivity index (χ2n) is 3.26. The molecule has 0 amide bonds. The summed E-state index contributed by atoms with van der Waals surface area (Å²) in [5.74, 6) is 0. The molecule has 84 valence electrons.